The number of hydrogen-bond donors (Lipinski definition) is 1. The van der Waals surface area contributed by atoms with E-state index in [1.165, 1.54) is 0 Å². The van der Waals surface area contributed by atoms with Crippen molar-refractivity contribution in [2.45, 2.75) is 26.9 Å². The van der Waals surface area contributed by atoms with E-state index in [2.05, 4.69) is 4.98 Å². The number of rotatable bonds is 7. The number of hydrogen-bond acceptors (Lipinski definition) is 4. The number of carbonyl (C=O) groups excluding carboxylic acids is 1. The van der Waals surface area contributed by atoms with Gasteiger partial charge in [0.15, 0.2) is 11.4 Å². The molecule has 5 heteroatoms. The molecule has 1 heterocycles. The third-order valence-electron chi connectivity index (χ3n) is 3.80. The Hall–Kier alpha value is -2.40. The molecule has 0 saturated carbocycles. The van der Waals surface area contributed by atoms with Gasteiger partial charge in [-0.2, -0.15) is 0 Å². The topological polar surface area (TPSA) is 62.7 Å². The van der Waals surface area contributed by atoms with E-state index in [0.29, 0.717) is 18.9 Å². The third-order valence-corrected chi connectivity index (χ3v) is 3.80. The van der Waals surface area contributed by atoms with Crippen LogP contribution < -0.4 is 4.74 Å². The van der Waals surface area contributed by atoms with Crippen molar-refractivity contribution >= 4 is 5.91 Å². The van der Waals surface area contributed by atoms with Crippen molar-refractivity contribution in [2.24, 2.45) is 0 Å². The summed E-state index contributed by atoms with van der Waals surface area (Å²) in [7, 11) is 0. The number of carbonyl (C=O) groups is 1. The van der Waals surface area contributed by atoms with Gasteiger partial charge in [0.25, 0.3) is 5.91 Å². The van der Waals surface area contributed by atoms with Crippen LogP contribution in [0.1, 0.15) is 41.6 Å². The highest BCUT2D eigenvalue weighted by molar-refractivity contribution is 5.94. The quantitative estimate of drug-likeness (QED) is 0.849. The SMILES string of the molecule is CCOc1cccnc1C(=O)N(CC)CC(O)c1ccc(C)cc1. The van der Waals surface area contributed by atoms with Gasteiger partial charge in [-0.1, -0.05) is 29.8 Å². The second-order valence-corrected chi connectivity index (χ2v) is 5.55. The van der Waals surface area contributed by atoms with Gasteiger partial charge in [-0.05, 0) is 38.5 Å². The van der Waals surface area contributed by atoms with Crippen molar-refractivity contribution in [3.63, 3.8) is 0 Å². The molecule has 2 rings (SSSR count). The first-order chi connectivity index (χ1) is 11.6. The van der Waals surface area contributed by atoms with E-state index in [4.69, 9.17) is 4.74 Å². The molecular weight excluding hydrogens is 304 g/mol. The van der Waals surface area contributed by atoms with Gasteiger partial charge in [0.1, 0.15) is 0 Å². The van der Waals surface area contributed by atoms with Gasteiger partial charge >= 0.3 is 0 Å². The largest absolute Gasteiger partial charge is 0.491 e. The summed E-state index contributed by atoms with van der Waals surface area (Å²) < 4.78 is 5.48. The molecule has 1 aromatic carbocycles. The molecule has 1 atom stereocenters. The van der Waals surface area contributed by atoms with Crippen LogP contribution in [0.15, 0.2) is 42.6 Å². The highest BCUT2D eigenvalue weighted by atomic mass is 16.5. The molecule has 1 N–H and O–H groups in total. The molecule has 0 aliphatic carbocycles. The zero-order chi connectivity index (χ0) is 17.5. The fourth-order valence-electron chi connectivity index (χ4n) is 2.43. The molecule has 0 saturated heterocycles. The summed E-state index contributed by atoms with van der Waals surface area (Å²) >= 11 is 0. The molecule has 0 bridgehead atoms. The Kier molecular flexibility index (Phi) is 6.32. The van der Waals surface area contributed by atoms with Crippen molar-refractivity contribution < 1.29 is 14.6 Å². The van der Waals surface area contributed by atoms with Crippen molar-refractivity contribution in [2.75, 3.05) is 19.7 Å². The number of nitrogens with zero attached hydrogens (tertiary/aromatic N) is 2. The summed E-state index contributed by atoms with van der Waals surface area (Å²) in [6.07, 6.45) is 0.828. The normalized spacial score (nSPS) is 11.8. The molecule has 5 nitrogen and oxygen atoms in total. The van der Waals surface area contributed by atoms with E-state index in [-0.39, 0.29) is 18.1 Å². The molecule has 24 heavy (non-hydrogen) atoms. The van der Waals surface area contributed by atoms with E-state index in [0.717, 1.165) is 11.1 Å². The highest BCUT2D eigenvalue weighted by Crippen LogP contribution is 2.20. The van der Waals surface area contributed by atoms with Crippen LogP contribution in [-0.2, 0) is 0 Å². The standard InChI is InChI=1S/C19H24N2O3/c1-4-21(13-16(22)15-10-8-14(3)9-11-15)19(23)18-17(24-5-2)7-6-12-20-18/h6-12,16,22H,4-5,13H2,1-3H3. The lowest BCUT2D eigenvalue weighted by molar-refractivity contribution is 0.0625. The van der Waals surface area contributed by atoms with Gasteiger partial charge in [-0.25, -0.2) is 4.98 Å². The molecule has 0 spiro atoms. The van der Waals surface area contributed by atoms with Gasteiger partial charge in [0.05, 0.1) is 19.3 Å². The number of pyridine rings is 1. The number of aliphatic hydroxyl groups excluding tert-OH is 1. The number of aromatic nitrogens is 1. The molecule has 2 aromatic rings. The fourth-order valence-corrected chi connectivity index (χ4v) is 2.43. The Morgan fingerprint density at radius 3 is 2.58 bits per heavy atom. The number of amides is 1. The van der Waals surface area contributed by atoms with E-state index >= 15 is 0 Å². The van der Waals surface area contributed by atoms with Crippen molar-refractivity contribution in [1.29, 1.82) is 0 Å². The number of benzene rings is 1. The average Bonchev–Trinajstić information content (AvgIpc) is 2.60. The number of ether oxygens (including phenoxy) is 1. The average molecular weight is 328 g/mol. The van der Waals surface area contributed by atoms with Crippen LogP contribution >= 0.6 is 0 Å². The van der Waals surface area contributed by atoms with Crippen LogP contribution in [0.5, 0.6) is 5.75 Å². The van der Waals surface area contributed by atoms with Gasteiger partial charge in [0, 0.05) is 12.7 Å². The summed E-state index contributed by atoms with van der Waals surface area (Å²) in [6.45, 7) is 6.88. The number of aryl methyl sites for hydroxylation is 1. The Morgan fingerprint density at radius 1 is 1.25 bits per heavy atom. The van der Waals surface area contributed by atoms with Gasteiger partial charge in [-0.3, -0.25) is 4.79 Å². The molecule has 128 valence electrons. The molecule has 1 amide bonds. The van der Waals surface area contributed by atoms with Crippen molar-refractivity contribution in [3.8, 4) is 5.75 Å². The van der Waals surface area contributed by atoms with E-state index in [9.17, 15) is 9.90 Å². The monoisotopic (exact) mass is 328 g/mol. The fraction of sp³-hybridized carbons (Fsp3) is 0.368. The van der Waals surface area contributed by atoms with Crippen LogP contribution in [0.2, 0.25) is 0 Å². The van der Waals surface area contributed by atoms with Crippen LogP contribution in [0.3, 0.4) is 0 Å². The summed E-state index contributed by atoms with van der Waals surface area (Å²) in [5.41, 5.74) is 2.19. The van der Waals surface area contributed by atoms with E-state index in [1.807, 2.05) is 45.0 Å². The minimum atomic E-state index is -0.742. The first-order valence-corrected chi connectivity index (χ1v) is 8.18. The molecule has 0 aliphatic rings. The zero-order valence-electron chi connectivity index (χ0n) is 14.4. The Morgan fingerprint density at radius 2 is 1.96 bits per heavy atom. The minimum absolute atomic E-state index is 0.209. The first kappa shape index (κ1) is 17.9. The van der Waals surface area contributed by atoms with Gasteiger partial charge in [-0.15, -0.1) is 0 Å². The van der Waals surface area contributed by atoms with Crippen molar-refractivity contribution in [3.05, 3.63) is 59.4 Å². The van der Waals surface area contributed by atoms with Crippen LogP contribution in [-0.4, -0.2) is 40.6 Å². The van der Waals surface area contributed by atoms with Crippen LogP contribution in [0, 0.1) is 6.92 Å². The molecular formula is C19H24N2O3. The Labute approximate surface area is 142 Å². The molecule has 1 unspecified atom stereocenters. The smallest absolute Gasteiger partial charge is 0.276 e. The lowest BCUT2D eigenvalue weighted by Gasteiger charge is -2.24. The second kappa shape index (κ2) is 8.45. The lowest BCUT2D eigenvalue weighted by Crippen LogP contribution is -2.35. The first-order valence-electron chi connectivity index (χ1n) is 8.18. The molecule has 1 aromatic heterocycles. The summed E-state index contributed by atoms with van der Waals surface area (Å²) in [6, 6.07) is 11.1. The highest BCUT2D eigenvalue weighted by Gasteiger charge is 2.22. The number of likely N-dealkylation sites (N-methyl/N-ethyl adjacent to an activating group) is 1. The molecule has 0 fully saturated rings. The predicted octanol–water partition coefficient (Wildman–Crippen LogP) is 2.98. The summed E-state index contributed by atoms with van der Waals surface area (Å²) in [5.74, 6) is 0.223. The Balaban J connectivity index is 2.16. The lowest BCUT2D eigenvalue weighted by atomic mass is 10.1. The second-order valence-electron chi connectivity index (χ2n) is 5.55. The molecule has 0 radical (unpaired) electrons. The maximum atomic E-state index is 12.8. The predicted molar refractivity (Wildman–Crippen MR) is 93.1 cm³/mol. The van der Waals surface area contributed by atoms with E-state index in [1.54, 1.807) is 23.2 Å². The summed E-state index contributed by atoms with van der Waals surface area (Å²) in [4.78, 5) is 18.5. The maximum Gasteiger partial charge on any atom is 0.276 e. The zero-order valence-corrected chi connectivity index (χ0v) is 14.4. The molecule has 0 aliphatic heterocycles. The number of aliphatic hydroxyl groups is 1. The minimum Gasteiger partial charge on any atom is -0.491 e. The van der Waals surface area contributed by atoms with Crippen LogP contribution in [0.4, 0.5) is 0 Å². The van der Waals surface area contributed by atoms with Crippen molar-refractivity contribution in [1.82, 2.24) is 9.88 Å². The third kappa shape index (κ3) is 4.32. The maximum absolute atomic E-state index is 12.8. The Bertz CT molecular complexity index is 671. The van der Waals surface area contributed by atoms with Gasteiger partial charge in [0.2, 0.25) is 0 Å². The van der Waals surface area contributed by atoms with Crippen LogP contribution in [0.25, 0.3) is 0 Å². The van der Waals surface area contributed by atoms with Gasteiger partial charge < -0.3 is 14.7 Å². The summed E-state index contributed by atoms with van der Waals surface area (Å²) in [5, 5.41) is 10.4. The van der Waals surface area contributed by atoms with E-state index < -0.39 is 6.10 Å².